The fourth-order valence-electron chi connectivity index (χ4n) is 7.23. The van der Waals surface area contributed by atoms with Gasteiger partial charge in [-0.05, 0) is 86.5 Å². The van der Waals surface area contributed by atoms with E-state index in [-0.39, 0.29) is 28.1 Å². The zero-order valence-corrected chi connectivity index (χ0v) is 20.5. The van der Waals surface area contributed by atoms with Gasteiger partial charge >= 0.3 is 18.0 Å². The van der Waals surface area contributed by atoms with Crippen molar-refractivity contribution < 1.29 is 23.9 Å². The summed E-state index contributed by atoms with van der Waals surface area (Å²) in [6.45, 7) is 2.11. The van der Waals surface area contributed by atoms with Crippen molar-refractivity contribution in [2.24, 2.45) is 11.8 Å². The number of esters is 2. The van der Waals surface area contributed by atoms with E-state index < -0.39 is 11.9 Å². The lowest BCUT2D eigenvalue weighted by Gasteiger charge is -2.62. The van der Waals surface area contributed by atoms with Gasteiger partial charge in [-0.3, -0.25) is 0 Å². The van der Waals surface area contributed by atoms with Crippen LogP contribution in [0.2, 0.25) is 0 Å². The lowest BCUT2D eigenvalue weighted by molar-refractivity contribution is -0.0343. The Labute approximate surface area is 205 Å². The zero-order chi connectivity index (χ0) is 24.8. The van der Waals surface area contributed by atoms with E-state index >= 15 is 0 Å². The van der Waals surface area contributed by atoms with E-state index in [1.54, 1.807) is 0 Å². The molecular formula is C28H32N2O5. The zero-order valence-electron chi connectivity index (χ0n) is 20.5. The third-order valence-corrected chi connectivity index (χ3v) is 8.14. The lowest BCUT2D eigenvalue weighted by atomic mass is 9.45. The van der Waals surface area contributed by atoms with E-state index in [1.807, 2.05) is 0 Å². The van der Waals surface area contributed by atoms with Gasteiger partial charge in [0.2, 0.25) is 0 Å². The van der Waals surface area contributed by atoms with Crippen molar-refractivity contribution in [2.45, 2.75) is 56.4 Å². The van der Waals surface area contributed by atoms with E-state index in [0.29, 0.717) is 17.5 Å². The first-order chi connectivity index (χ1) is 16.7. The summed E-state index contributed by atoms with van der Waals surface area (Å²) in [7, 11) is 2.54. The van der Waals surface area contributed by atoms with Crippen LogP contribution in [-0.4, -0.2) is 37.7 Å². The number of nitrogens with one attached hydrogen (secondary N) is 2. The molecular weight excluding hydrogens is 444 g/mol. The van der Waals surface area contributed by atoms with E-state index in [0.717, 1.165) is 19.3 Å². The number of hydrogen-bond donors (Lipinski definition) is 2. The summed E-state index contributed by atoms with van der Waals surface area (Å²) in [6, 6.07) is 13.0. The van der Waals surface area contributed by atoms with Gasteiger partial charge in [-0.15, -0.1) is 0 Å². The average molecular weight is 477 g/mol. The minimum absolute atomic E-state index is 0.105. The predicted octanol–water partition coefficient (Wildman–Crippen LogP) is 4.98. The summed E-state index contributed by atoms with van der Waals surface area (Å²) in [4.78, 5) is 37.4. The van der Waals surface area contributed by atoms with Gasteiger partial charge in [0.05, 0.1) is 25.3 Å². The Kier molecular flexibility index (Phi) is 5.82. The minimum Gasteiger partial charge on any atom is -0.465 e. The van der Waals surface area contributed by atoms with E-state index in [1.165, 1.54) is 62.8 Å². The molecule has 0 radical (unpaired) electrons. The van der Waals surface area contributed by atoms with Crippen LogP contribution < -0.4 is 10.6 Å². The fourth-order valence-corrected chi connectivity index (χ4v) is 7.23. The van der Waals surface area contributed by atoms with E-state index in [9.17, 15) is 14.4 Å². The van der Waals surface area contributed by atoms with Crippen LogP contribution >= 0.6 is 0 Å². The average Bonchev–Trinajstić information content (AvgIpc) is 2.81. The minimum atomic E-state index is -0.597. The van der Waals surface area contributed by atoms with Gasteiger partial charge in [0, 0.05) is 11.2 Å². The molecule has 7 nitrogen and oxygen atoms in total. The molecule has 0 spiro atoms. The van der Waals surface area contributed by atoms with Gasteiger partial charge in [-0.25, -0.2) is 14.4 Å². The highest BCUT2D eigenvalue weighted by molar-refractivity contribution is 5.99. The van der Waals surface area contributed by atoms with Crippen molar-refractivity contribution in [1.29, 1.82) is 0 Å². The van der Waals surface area contributed by atoms with Crippen molar-refractivity contribution in [2.75, 3.05) is 19.5 Å². The Bertz CT molecular complexity index is 1120. The number of aryl methyl sites for hydroxylation is 1. The highest BCUT2D eigenvalue weighted by Gasteiger charge is 2.58. The largest absolute Gasteiger partial charge is 0.465 e. The van der Waals surface area contributed by atoms with Gasteiger partial charge in [0.1, 0.15) is 0 Å². The lowest BCUT2D eigenvalue weighted by Crippen LogP contribution is -2.64. The maximum Gasteiger partial charge on any atom is 0.337 e. The van der Waals surface area contributed by atoms with Crippen molar-refractivity contribution in [3.05, 3.63) is 64.7 Å². The topological polar surface area (TPSA) is 93.7 Å². The molecule has 4 saturated carbocycles. The molecule has 2 atom stereocenters. The summed E-state index contributed by atoms with van der Waals surface area (Å²) in [6.07, 6.45) is 6.50. The van der Waals surface area contributed by atoms with Gasteiger partial charge in [-0.1, -0.05) is 29.8 Å². The van der Waals surface area contributed by atoms with Crippen molar-refractivity contribution in [3.8, 4) is 0 Å². The molecule has 4 aliphatic carbocycles. The molecule has 2 unspecified atom stereocenters. The van der Waals surface area contributed by atoms with Gasteiger partial charge < -0.3 is 20.1 Å². The third kappa shape index (κ3) is 4.40. The number of urea groups is 1. The molecule has 184 valence electrons. The number of benzene rings is 2. The maximum absolute atomic E-state index is 13.2. The van der Waals surface area contributed by atoms with Crippen LogP contribution in [-0.2, 0) is 14.9 Å². The van der Waals surface area contributed by atoms with Gasteiger partial charge in [0.15, 0.2) is 0 Å². The third-order valence-electron chi connectivity index (χ3n) is 8.14. The summed E-state index contributed by atoms with van der Waals surface area (Å²) in [5.41, 5.74) is 3.16. The molecule has 0 heterocycles. The van der Waals surface area contributed by atoms with Crippen LogP contribution in [0.1, 0.15) is 70.4 Å². The molecule has 7 heteroatoms. The molecule has 35 heavy (non-hydrogen) atoms. The van der Waals surface area contributed by atoms with Crippen LogP contribution in [0.5, 0.6) is 0 Å². The Morgan fingerprint density at radius 1 is 0.857 bits per heavy atom. The quantitative estimate of drug-likeness (QED) is 0.594. The molecule has 4 bridgehead atoms. The molecule has 2 aromatic rings. The first-order valence-corrected chi connectivity index (χ1v) is 12.2. The predicted molar refractivity (Wildman–Crippen MR) is 132 cm³/mol. The standard InChI is InChI=1S/C28H32N2O5/c1-17-4-6-22(7-5-17)27-12-18-8-19(13-27)15-28(14-18,16-27)30-26(33)29-23-10-20(24(31)34-2)9-21(11-23)25(32)35-3/h4-7,9-11,18-19H,8,12-16H2,1-3H3,(H2,29,30,33). The molecule has 2 N–H and O–H groups in total. The van der Waals surface area contributed by atoms with Crippen LogP contribution in [0.4, 0.5) is 10.5 Å². The maximum atomic E-state index is 13.2. The SMILES string of the molecule is COC(=O)c1cc(NC(=O)NC23CC4CC(C2)CC(c2ccc(C)cc2)(C4)C3)cc(C(=O)OC)c1. The van der Waals surface area contributed by atoms with Gasteiger partial charge in [-0.2, -0.15) is 0 Å². The first-order valence-electron chi connectivity index (χ1n) is 12.2. The van der Waals surface area contributed by atoms with Gasteiger partial charge in [0.25, 0.3) is 0 Å². The van der Waals surface area contributed by atoms with Crippen molar-refractivity contribution in [3.63, 3.8) is 0 Å². The monoisotopic (exact) mass is 476 g/mol. The second kappa shape index (κ2) is 8.70. The van der Waals surface area contributed by atoms with Crippen LogP contribution in [0, 0.1) is 18.8 Å². The summed E-state index contributed by atoms with van der Waals surface area (Å²) < 4.78 is 9.59. The second-order valence-corrected chi connectivity index (χ2v) is 10.7. The first kappa shape index (κ1) is 23.4. The van der Waals surface area contributed by atoms with Crippen molar-refractivity contribution >= 4 is 23.7 Å². The van der Waals surface area contributed by atoms with Crippen LogP contribution in [0.15, 0.2) is 42.5 Å². The Morgan fingerprint density at radius 2 is 1.43 bits per heavy atom. The smallest absolute Gasteiger partial charge is 0.337 e. The van der Waals surface area contributed by atoms with E-state index in [4.69, 9.17) is 9.47 Å². The summed E-state index contributed by atoms with van der Waals surface area (Å²) in [5.74, 6) is 0.0125. The highest BCUT2D eigenvalue weighted by atomic mass is 16.5. The summed E-state index contributed by atoms with van der Waals surface area (Å²) in [5, 5.41) is 6.17. The fraction of sp³-hybridized carbons (Fsp3) is 0.464. The molecule has 0 aromatic heterocycles. The number of carbonyl (C=O) groups excluding carboxylic acids is 3. The molecule has 4 aliphatic rings. The number of carbonyl (C=O) groups is 3. The summed E-state index contributed by atoms with van der Waals surface area (Å²) >= 11 is 0. The highest BCUT2D eigenvalue weighted by Crippen LogP contribution is 2.62. The molecule has 4 fully saturated rings. The Hall–Kier alpha value is -3.35. The number of rotatable bonds is 5. The van der Waals surface area contributed by atoms with Crippen LogP contribution in [0.25, 0.3) is 0 Å². The van der Waals surface area contributed by atoms with E-state index in [2.05, 4.69) is 41.8 Å². The molecule has 0 saturated heterocycles. The molecule has 2 amide bonds. The normalized spacial score (nSPS) is 28.3. The Balaban J connectivity index is 1.38. The number of ether oxygens (including phenoxy) is 2. The molecule has 6 rings (SSSR count). The van der Waals surface area contributed by atoms with Crippen LogP contribution in [0.3, 0.4) is 0 Å². The molecule has 2 aromatic carbocycles. The number of anilines is 1. The van der Waals surface area contributed by atoms with Crippen molar-refractivity contribution in [1.82, 2.24) is 5.32 Å². The Morgan fingerprint density at radius 3 is 1.97 bits per heavy atom. The number of amides is 2. The molecule has 0 aliphatic heterocycles. The number of methoxy groups -OCH3 is 2. The number of hydrogen-bond acceptors (Lipinski definition) is 5. The second-order valence-electron chi connectivity index (χ2n) is 10.7.